The first-order valence-corrected chi connectivity index (χ1v) is 4.06. The van der Waals surface area contributed by atoms with Crippen molar-refractivity contribution >= 4 is 17.5 Å². The van der Waals surface area contributed by atoms with Crippen LogP contribution in [0, 0.1) is 5.41 Å². The minimum atomic E-state index is -0.426. The summed E-state index contributed by atoms with van der Waals surface area (Å²) in [7, 11) is 0. The van der Waals surface area contributed by atoms with E-state index in [-0.39, 0.29) is 12.4 Å². The van der Waals surface area contributed by atoms with E-state index in [2.05, 4.69) is 0 Å². The van der Waals surface area contributed by atoms with E-state index in [9.17, 15) is 4.79 Å². The summed E-state index contributed by atoms with van der Waals surface area (Å²) in [5.41, 5.74) is -0.426. The Labute approximate surface area is 58.6 Å². The van der Waals surface area contributed by atoms with E-state index in [4.69, 9.17) is 5.11 Å². The average molecular weight is 146 g/mol. The van der Waals surface area contributed by atoms with Gasteiger partial charge < -0.3 is 5.11 Å². The molecule has 2 nitrogen and oxygen atoms in total. The molecule has 1 rings (SSSR count). The van der Waals surface area contributed by atoms with Crippen LogP contribution >= 0.6 is 11.8 Å². The highest BCUT2D eigenvalue weighted by Gasteiger charge is 2.36. The van der Waals surface area contributed by atoms with Crippen molar-refractivity contribution in [1.29, 1.82) is 0 Å². The van der Waals surface area contributed by atoms with Crippen molar-refractivity contribution in [3.05, 3.63) is 0 Å². The maximum Gasteiger partial charge on any atom is 0.151 e. The molecule has 1 fully saturated rings. The lowest BCUT2D eigenvalue weighted by Gasteiger charge is -2.15. The molecule has 1 N–H and O–H groups in total. The largest absolute Gasteiger partial charge is 0.395 e. The summed E-state index contributed by atoms with van der Waals surface area (Å²) in [6.07, 6.45) is 0. The number of carbonyl (C=O) groups is 1. The van der Waals surface area contributed by atoms with E-state index in [0.29, 0.717) is 5.75 Å². The van der Waals surface area contributed by atoms with Crippen molar-refractivity contribution in [3.63, 3.8) is 0 Å². The Morgan fingerprint density at radius 3 is 2.78 bits per heavy atom. The van der Waals surface area contributed by atoms with E-state index >= 15 is 0 Å². The number of ketones is 1. The first-order chi connectivity index (χ1) is 4.19. The van der Waals surface area contributed by atoms with Gasteiger partial charge >= 0.3 is 0 Å². The molecule has 1 unspecified atom stereocenters. The molecule has 1 aliphatic rings. The second-order valence-corrected chi connectivity index (χ2v) is 3.62. The summed E-state index contributed by atoms with van der Waals surface area (Å²) < 4.78 is 0. The van der Waals surface area contributed by atoms with Crippen molar-refractivity contribution in [2.45, 2.75) is 6.92 Å². The third-order valence-electron chi connectivity index (χ3n) is 1.68. The molecule has 9 heavy (non-hydrogen) atoms. The molecule has 0 saturated carbocycles. The van der Waals surface area contributed by atoms with Gasteiger partial charge in [-0.05, 0) is 6.92 Å². The van der Waals surface area contributed by atoms with Crippen LogP contribution in [0.1, 0.15) is 6.92 Å². The molecule has 1 saturated heterocycles. The molecule has 0 aromatic carbocycles. The smallest absolute Gasteiger partial charge is 0.151 e. The second kappa shape index (κ2) is 2.31. The summed E-state index contributed by atoms with van der Waals surface area (Å²) in [6.45, 7) is 1.81. The van der Waals surface area contributed by atoms with E-state index in [1.165, 1.54) is 0 Å². The molecular weight excluding hydrogens is 136 g/mol. The highest BCUT2D eigenvalue weighted by Crippen LogP contribution is 2.31. The zero-order valence-corrected chi connectivity index (χ0v) is 6.20. The Morgan fingerprint density at radius 1 is 1.89 bits per heavy atom. The van der Waals surface area contributed by atoms with Crippen molar-refractivity contribution in [1.82, 2.24) is 0 Å². The van der Waals surface area contributed by atoms with Crippen molar-refractivity contribution < 1.29 is 9.90 Å². The topological polar surface area (TPSA) is 37.3 Å². The number of aliphatic hydroxyl groups excluding tert-OH is 1. The molecule has 52 valence electrons. The van der Waals surface area contributed by atoms with Gasteiger partial charge in [-0.2, -0.15) is 11.8 Å². The average Bonchev–Trinajstić information content (AvgIpc) is 2.15. The van der Waals surface area contributed by atoms with Crippen LogP contribution in [0.2, 0.25) is 0 Å². The van der Waals surface area contributed by atoms with E-state index in [0.717, 1.165) is 5.75 Å². The Hall–Kier alpha value is -0.0200. The molecule has 0 aromatic heterocycles. The molecule has 1 atom stereocenters. The lowest BCUT2D eigenvalue weighted by atomic mass is 9.90. The third kappa shape index (κ3) is 1.12. The van der Waals surface area contributed by atoms with Gasteiger partial charge in [0.25, 0.3) is 0 Å². The van der Waals surface area contributed by atoms with Gasteiger partial charge in [0.1, 0.15) is 0 Å². The van der Waals surface area contributed by atoms with Crippen molar-refractivity contribution in [2.75, 3.05) is 18.1 Å². The molecule has 0 bridgehead atoms. The van der Waals surface area contributed by atoms with Gasteiger partial charge in [-0.1, -0.05) is 0 Å². The van der Waals surface area contributed by atoms with Gasteiger partial charge in [-0.3, -0.25) is 4.79 Å². The molecule has 3 heteroatoms. The second-order valence-electron chi connectivity index (χ2n) is 2.63. The number of carbonyl (C=O) groups excluding carboxylic acids is 1. The van der Waals surface area contributed by atoms with Crippen LogP contribution in [-0.4, -0.2) is 29.0 Å². The summed E-state index contributed by atoms with van der Waals surface area (Å²) in [5, 5.41) is 8.76. The minimum Gasteiger partial charge on any atom is -0.395 e. The molecule has 0 amide bonds. The first-order valence-electron chi connectivity index (χ1n) is 2.91. The number of thioether (sulfide) groups is 1. The summed E-state index contributed by atoms with van der Waals surface area (Å²) >= 11 is 1.60. The molecule has 0 spiro atoms. The monoisotopic (exact) mass is 146 g/mol. The van der Waals surface area contributed by atoms with Crippen molar-refractivity contribution in [2.24, 2.45) is 5.41 Å². The van der Waals surface area contributed by atoms with E-state index in [1.54, 1.807) is 11.8 Å². The highest BCUT2D eigenvalue weighted by atomic mass is 32.2. The zero-order chi connectivity index (χ0) is 6.91. The lowest BCUT2D eigenvalue weighted by Crippen LogP contribution is -2.29. The Morgan fingerprint density at radius 2 is 2.56 bits per heavy atom. The Bertz CT molecular complexity index is 135. The fourth-order valence-corrected chi connectivity index (χ4v) is 2.10. The fraction of sp³-hybridized carbons (Fsp3) is 0.833. The number of hydrogen-bond donors (Lipinski definition) is 1. The Balaban J connectivity index is 2.67. The maximum absolute atomic E-state index is 10.9. The zero-order valence-electron chi connectivity index (χ0n) is 5.39. The van der Waals surface area contributed by atoms with Crippen LogP contribution in [0.15, 0.2) is 0 Å². The van der Waals surface area contributed by atoms with Crippen LogP contribution in [-0.2, 0) is 4.79 Å². The van der Waals surface area contributed by atoms with Crippen LogP contribution in [0.5, 0.6) is 0 Å². The van der Waals surface area contributed by atoms with Gasteiger partial charge in [0.2, 0.25) is 0 Å². The predicted octanol–water partition coefficient (Wildman–Crippen LogP) is 0.301. The van der Waals surface area contributed by atoms with Gasteiger partial charge in [-0.15, -0.1) is 0 Å². The molecule has 1 aliphatic heterocycles. The fourth-order valence-electron chi connectivity index (χ4n) is 0.758. The minimum absolute atomic E-state index is 0.00116. The molecular formula is C6H10O2S. The quantitative estimate of drug-likeness (QED) is 0.578. The van der Waals surface area contributed by atoms with Crippen LogP contribution < -0.4 is 0 Å². The number of hydrogen-bond acceptors (Lipinski definition) is 3. The highest BCUT2D eigenvalue weighted by molar-refractivity contribution is 8.00. The van der Waals surface area contributed by atoms with Crippen LogP contribution in [0.4, 0.5) is 0 Å². The van der Waals surface area contributed by atoms with Crippen molar-refractivity contribution in [3.8, 4) is 0 Å². The number of rotatable bonds is 1. The third-order valence-corrected chi connectivity index (χ3v) is 2.98. The van der Waals surface area contributed by atoms with Crippen LogP contribution in [0.3, 0.4) is 0 Å². The molecule has 1 heterocycles. The van der Waals surface area contributed by atoms with Gasteiger partial charge in [0.15, 0.2) is 5.78 Å². The van der Waals surface area contributed by atoms with E-state index < -0.39 is 5.41 Å². The maximum atomic E-state index is 10.9. The summed E-state index contributed by atoms with van der Waals surface area (Å²) in [6, 6.07) is 0. The molecule has 0 aromatic rings. The summed E-state index contributed by atoms with van der Waals surface area (Å²) in [5.74, 6) is 1.55. The molecule has 0 aliphatic carbocycles. The lowest BCUT2D eigenvalue weighted by molar-refractivity contribution is -0.125. The standard InChI is InChI=1S/C6H10O2S/c1-6(3-7)4-9-2-5(6)8/h7H,2-4H2,1H3. The Kier molecular flexibility index (Phi) is 1.82. The first kappa shape index (κ1) is 7.09. The van der Waals surface area contributed by atoms with Gasteiger partial charge in [0.05, 0.1) is 17.8 Å². The normalized spacial score (nSPS) is 35.6. The number of Topliss-reactive ketones (excluding diaryl/α,β-unsaturated/α-hetero) is 1. The molecule has 0 radical (unpaired) electrons. The van der Waals surface area contributed by atoms with E-state index in [1.807, 2.05) is 6.92 Å². The number of aliphatic hydroxyl groups is 1. The SMILES string of the molecule is CC1(CO)CSCC1=O. The summed E-state index contributed by atoms with van der Waals surface area (Å²) in [4.78, 5) is 10.9. The predicted molar refractivity (Wildman–Crippen MR) is 37.5 cm³/mol. The van der Waals surface area contributed by atoms with Gasteiger partial charge in [-0.25, -0.2) is 0 Å². The van der Waals surface area contributed by atoms with Gasteiger partial charge in [0, 0.05) is 5.75 Å². The van der Waals surface area contributed by atoms with Crippen LogP contribution in [0.25, 0.3) is 0 Å².